The van der Waals surface area contributed by atoms with Crippen LogP contribution < -0.4 is 0 Å². The Morgan fingerprint density at radius 1 is 1.38 bits per heavy atom. The second-order valence-electron chi connectivity index (χ2n) is 1.57. The molecule has 0 N–H and O–H groups in total. The first-order valence-corrected chi connectivity index (χ1v) is 4.30. The van der Waals surface area contributed by atoms with E-state index in [0.29, 0.717) is 0 Å². The standard InChI is InChI=1S/C7H7Te/c8-6-7-4-2-1-3-5-7/h2-5,8H,6H2. The van der Waals surface area contributed by atoms with Gasteiger partial charge in [-0.05, 0) is 0 Å². The Labute approximate surface area is 62.8 Å². The number of hydrogen-bond donors (Lipinski definition) is 0. The van der Waals surface area contributed by atoms with Gasteiger partial charge in [-0.15, -0.1) is 0 Å². The molecule has 0 aliphatic rings. The zero-order valence-electron chi connectivity index (χ0n) is 4.46. The summed E-state index contributed by atoms with van der Waals surface area (Å²) in [6.45, 7) is 0. The van der Waals surface area contributed by atoms with Crippen LogP contribution >= 0.6 is 0 Å². The second-order valence-corrected chi connectivity index (χ2v) is 2.47. The quantitative estimate of drug-likeness (QED) is 0.615. The van der Waals surface area contributed by atoms with Crippen LogP contribution in [0.1, 0.15) is 5.56 Å². The Bertz CT molecular complexity index is 146. The van der Waals surface area contributed by atoms with Crippen LogP contribution in [-0.2, 0) is 4.47 Å². The van der Waals surface area contributed by atoms with Crippen molar-refractivity contribution in [2.75, 3.05) is 0 Å². The predicted octanol–water partition coefficient (Wildman–Crippen LogP) is 0.888. The van der Waals surface area contributed by atoms with Crippen molar-refractivity contribution >= 4 is 22.3 Å². The van der Waals surface area contributed by atoms with Gasteiger partial charge in [-0.25, -0.2) is 0 Å². The molecule has 0 heterocycles. The second kappa shape index (κ2) is 3.12. The summed E-state index contributed by atoms with van der Waals surface area (Å²) in [7, 11) is 0. The molecule has 0 saturated heterocycles. The van der Waals surface area contributed by atoms with Gasteiger partial charge in [0.25, 0.3) is 0 Å². The summed E-state index contributed by atoms with van der Waals surface area (Å²) >= 11 is 1.83. The average Bonchev–Trinajstić information content (AvgIpc) is 1.90. The fraction of sp³-hybridized carbons (Fsp3) is 0.143. The molecule has 0 atom stereocenters. The summed E-state index contributed by atoms with van der Waals surface area (Å²) < 4.78 is 1.17. The third-order valence-corrected chi connectivity index (χ3v) is 2.01. The van der Waals surface area contributed by atoms with Crippen molar-refractivity contribution < 1.29 is 0 Å². The van der Waals surface area contributed by atoms with Gasteiger partial charge in [0.1, 0.15) is 0 Å². The van der Waals surface area contributed by atoms with Crippen molar-refractivity contribution in [2.45, 2.75) is 4.47 Å². The summed E-state index contributed by atoms with van der Waals surface area (Å²) in [6.07, 6.45) is 0. The summed E-state index contributed by atoms with van der Waals surface area (Å²) in [5.74, 6) is 0. The van der Waals surface area contributed by atoms with Crippen molar-refractivity contribution in [1.29, 1.82) is 0 Å². The van der Waals surface area contributed by atoms with Crippen LogP contribution in [0.25, 0.3) is 0 Å². The predicted molar refractivity (Wildman–Crippen MR) is 36.1 cm³/mol. The van der Waals surface area contributed by atoms with Gasteiger partial charge in [0, 0.05) is 0 Å². The summed E-state index contributed by atoms with van der Waals surface area (Å²) in [5, 5.41) is 0. The molecule has 0 fully saturated rings. The van der Waals surface area contributed by atoms with Crippen LogP contribution in [-0.4, -0.2) is 22.3 Å². The normalized spacial score (nSPS) is 9.12. The van der Waals surface area contributed by atoms with E-state index in [1.807, 2.05) is 34.4 Å². The molecule has 0 aliphatic heterocycles. The Kier molecular flexibility index (Phi) is 2.39. The number of rotatable bonds is 1. The molecule has 0 aromatic heterocycles. The zero-order chi connectivity index (χ0) is 5.82. The van der Waals surface area contributed by atoms with Gasteiger partial charge in [0.2, 0.25) is 0 Å². The van der Waals surface area contributed by atoms with E-state index in [1.165, 1.54) is 10.0 Å². The van der Waals surface area contributed by atoms with E-state index in [2.05, 4.69) is 18.2 Å². The van der Waals surface area contributed by atoms with Crippen molar-refractivity contribution in [1.82, 2.24) is 0 Å². The van der Waals surface area contributed by atoms with E-state index in [4.69, 9.17) is 0 Å². The molecule has 1 radical (unpaired) electrons. The molecule has 0 unspecified atom stereocenters. The molecule has 1 rings (SSSR count). The maximum absolute atomic E-state index is 2.97. The van der Waals surface area contributed by atoms with Gasteiger partial charge >= 0.3 is 62.7 Å². The van der Waals surface area contributed by atoms with E-state index >= 15 is 0 Å². The van der Waals surface area contributed by atoms with Gasteiger partial charge in [-0.1, -0.05) is 0 Å². The van der Waals surface area contributed by atoms with Crippen LogP contribution in [0.5, 0.6) is 0 Å². The Morgan fingerprint density at radius 3 is 2.38 bits per heavy atom. The summed E-state index contributed by atoms with van der Waals surface area (Å²) in [6, 6.07) is 11.1. The molecule has 0 nitrogen and oxygen atoms in total. The van der Waals surface area contributed by atoms with Crippen LogP contribution in [0.15, 0.2) is 24.3 Å². The van der Waals surface area contributed by atoms with E-state index in [1.54, 1.807) is 0 Å². The molecule has 41 valence electrons. The molecule has 1 aromatic rings. The van der Waals surface area contributed by atoms with Crippen LogP contribution in [0.4, 0.5) is 0 Å². The first kappa shape index (κ1) is 6.13. The molecule has 0 aliphatic carbocycles. The fourth-order valence-corrected chi connectivity index (χ4v) is 1.13. The minimum atomic E-state index is 1.17. The fourth-order valence-electron chi connectivity index (χ4n) is 0.527. The van der Waals surface area contributed by atoms with Crippen LogP contribution in [0, 0.1) is 6.07 Å². The van der Waals surface area contributed by atoms with Crippen molar-refractivity contribution in [2.24, 2.45) is 0 Å². The third kappa shape index (κ3) is 1.51. The minimum absolute atomic E-state index is 1.17. The number of hydrogen-bond acceptors (Lipinski definition) is 0. The van der Waals surface area contributed by atoms with E-state index in [0.717, 1.165) is 0 Å². The summed E-state index contributed by atoms with van der Waals surface area (Å²) in [4.78, 5) is 0. The number of benzene rings is 1. The first-order chi connectivity index (χ1) is 3.93. The molecule has 0 saturated carbocycles. The Balaban J connectivity index is 2.83. The molecule has 0 spiro atoms. The Morgan fingerprint density at radius 2 is 2.00 bits per heavy atom. The van der Waals surface area contributed by atoms with Crippen molar-refractivity contribution in [3.05, 3.63) is 35.9 Å². The molecular weight excluding hydrogens is 212 g/mol. The van der Waals surface area contributed by atoms with Crippen molar-refractivity contribution in [3.8, 4) is 0 Å². The first-order valence-electron chi connectivity index (χ1n) is 2.49. The van der Waals surface area contributed by atoms with E-state index in [-0.39, 0.29) is 0 Å². The van der Waals surface area contributed by atoms with Crippen molar-refractivity contribution in [3.63, 3.8) is 0 Å². The molecule has 1 heteroatoms. The summed E-state index contributed by atoms with van der Waals surface area (Å²) in [5.41, 5.74) is 1.40. The van der Waals surface area contributed by atoms with E-state index in [9.17, 15) is 0 Å². The van der Waals surface area contributed by atoms with Gasteiger partial charge in [-0.2, -0.15) is 0 Å². The van der Waals surface area contributed by atoms with Gasteiger partial charge < -0.3 is 0 Å². The zero-order valence-corrected chi connectivity index (χ0v) is 7.02. The molecule has 1 aromatic carbocycles. The van der Waals surface area contributed by atoms with Crippen LogP contribution in [0.2, 0.25) is 0 Å². The van der Waals surface area contributed by atoms with Crippen LogP contribution in [0.3, 0.4) is 0 Å². The van der Waals surface area contributed by atoms with Gasteiger partial charge in [-0.3, -0.25) is 0 Å². The molecule has 8 heavy (non-hydrogen) atoms. The third-order valence-electron chi connectivity index (χ3n) is 0.970. The topological polar surface area (TPSA) is 0 Å². The molecular formula is C7H7Te. The molecule has 0 amide bonds. The van der Waals surface area contributed by atoms with Gasteiger partial charge in [0.05, 0.1) is 0 Å². The average molecular weight is 219 g/mol. The molecule has 0 bridgehead atoms. The monoisotopic (exact) mass is 221 g/mol. The SMILES string of the molecule is [TeH]Cc1cc[c]cc1. The maximum atomic E-state index is 2.97. The Hall–Kier alpha value is 0.00961. The van der Waals surface area contributed by atoms with Gasteiger partial charge in [0.15, 0.2) is 0 Å². The van der Waals surface area contributed by atoms with E-state index < -0.39 is 0 Å².